The molecular formula is C23H28N4O3. The molecule has 7 nitrogen and oxygen atoms in total. The average molecular weight is 409 g/mol. The Kier molecular flexibility index (Phi) is 6.07. The number of benzene rings is 2. The Labute approximate surface area is 176 Å². The van der Waals surface area contributed by atoms with Gasteiger partial charge in [0.1, 0.15) is 5.75 Å². The maximum absolute atomic E-state index is 12.6. The van der Waals surface area contributed by atoms with Gasteiger partial charge in [-0.25, -0.2) is 4.79 Å². The van der Waals surface area contributed by atoms with Gasteiger partial charge in [0.15, 0.2) is 0 Å². The van der Waals surface area contributed by atoms with E-state index in [9.17, 15) is 14.7 Å². The fraction of sp³-hybridized carbons (Fsp3) is 0.391. The number of carbonyl (C=O) groups excluding carboxylic acids is 2. The van der Waals surface area contributed by atoms with Crippen LogP contribution in [0.15, 0.2) is 48.5 Å². The number of rotatable bonds is 5. The number of nitrogens with zero attached hydrogens (tertiary/aromatic N) is 3. The molecule has 0 aromatic heterocycles. The molecule has 30 heavy (non-hydrogen) atoms. The average Bonchev–Trinajstić information content (AvgIpc) is 3.17. The standard InChI is InChI=1S/C23H28N4O3/c28-21-7-2-6-20(15-21)25-10-12-26(13-11-25)23(30)24-16-18-4-1-5-19(14-18)17-27-9-3-8-22(27)29/h1-2,4-7,14-15,28H,3,8-13,16-17H2,(H,24,30). The smallest absolute Gasteiger partial charge is 0.317 e. The predicted octanol–water partition coefficient (Wildman–Crippen LogP) is 2.55. The summed E-state index contributed by atoms with van der Waals surface area (Å²) in [6.07, 6.45) is 1.59. The molecule has 0 unspecified atom stereocenters. The van der Waals surface area contributed by atoms with Gasteiger partial charge in [-0.05, 0) is 29.7 Å². The highest BCUT2D eigenvalue weighted by Crippen LogP contribution is 2.21. The number of piperazine rings is 1. The van der Waals surface area contributed by atoms with E-state index >= 15 is 0 Å². The van der Waals surface area contributed by atoms with Crippen LogP contribution < -0.4 is 10.2 Å². The van der Waals surface area contributed by atoms with Crippen LogP contribution in [0.25, 0.3) is 0 Å². The number of hydrogen-bond acceptors (Lipinski definition) is 4. The van der Waals surface area contributed by atoms with Crippen LogP contribution in [0.5, 0.6) is 5.75 Å². The SMILES string of the molecule is O=C1CCCN1Cc1cccc(CNC(=O)N2CCN(c3cccc(O)c3)CC2)c1. The van der Waals surface area contributed by atoms with E-state index in [2.05, 4.69) is 16.3 Å². The first kappa shape index (κ1) is 20.1. The third-order valence-corrected chi connectivity index (χ3v) is 5.74. The van der Waals surface area contributed by atoms with Gasteiger partial charge in [-0.2, -0.15) is 0 Å². The van der Waals surface area contributed by atoms with Crippen molar-refractivity contribution in [2.75, 3.05) is 37.6 Å². The van der Waals surface area contributed by atoms with Crippen molar-refractivity contribution < 1.29 is 14.7 Å². The molecule has 0 saturated carbocycles. The normalized spacial score (nSPS) is 16.8. The summed E-state index contributed by atoms with van der Waals surface area (Å²) in [4.78, 5) is 30.3. The van der Waals surface area contributed by atoms with Crippen molar-refractivity contribution in [2.45, 2.75) is 25.9 Å². The maximum Gasteiger partial charge on any atom is 0.317 e. The van der Waals surface area contributed by atoms with Crippen molar-refractivity contribution in [3.63, 3.8) is 0 Å². The minimum absolute atomic E-state index is 0.0642. The second-order valence-electron chi connectivity index (χ2n) is 7.89. The van der Waals surface area contributed by atoms with Gasteiger partial charge in [0.05, 0.1) is 0 Å². The van der Waals surface area contributed by atoms with Crippen LogP contribution in [0.3, 0.4) is 0 Å². The summed E-state index contributed by atoms with van der Waals surface area (Å²) >= 11 is 0. The highest BCUT2D eigenvalue weighted by molar-refractivity contribution is 5.78. The second-order valence-corrected chi connectivity index (χ2v) is 7.89. The van der Waals surface area contributed by atoms with Crippen molar-refractivity contribution in [3.05, 3.63) is 59.7 Å². The number of likely N-dealkylation sites (tertiary alicyclic amines) is 1. The quantitative estimate of drug-likeness (QED) is 0.797. The molecule has 2 fully saturated rings. The summed E-state index contributed by atoms with van der Waals surface area (Å²) in [6, 6.07) is 15.2. The molecule has 0 aliphatic carbocycles. The molecule has 2 saturated heterocycles. The van der Waals surface area contributed by atoms with Crippen LogP contribution in [-0.2, 0) is 17.9 Å². The lowest BCUT2D eigenvalue weighted by Gasteiger charge is -2.36. The summed E-state index contributed by atoms with van der Waals surface area (Å²) < 4.78 is 0. The summed E-state index contributed by atoms with van der Waals surface area (Å²) in [7, 11) is 0. The summed E-state index contributed by atoms with van der Waals surface area (Å²) in [6.45, 7) is 4.67. The zero-order valence-corrected chi connectivity index (χ0v) is 17.1. The minimum Gasteiger partial charge on any atom is -0.508 e. The number of hydrogen-bond donors (Lipinski definition) is 2. The van der Waals surface area contributed by atoms with Crippen LogP contribution in [0.4, 0.5) is 10.5 Å². The first-order valence-electron chi connectivity index (χ1n) is 10.5. The van der Waals surface area contributed by atoms with Crippen LogP contribution in [0.1, 0.15) is 24.0 Å². The van der Waals surface area contributed by atoms with E-state index in [1.165, 1.54) is 0 Å². The van der Waals surface area contributed by atoms with Gasteiger partial charge in [-0.15, -0.1) is 0 Å². The van der Waals surface area contributed by atoms with E-state index in [0.717, 1.165) is 42.9 Å². The minimum atomic E-state index is -0.0642. The van der Waals surface area contributed by atoms with E-state index in [4.69, 9.17) is 0 Å². The van der Waals surface area contributed by atoms with Gasteiger partial charge in [0.25, 0.3) is 0 Å². The molecule has 7 heteroatoms. The molecule has 2 heterocycles. The number of aromatic hydroxyl groups is 1. The zero-order chi connectivity index (χ0) is 20.9. The Hall–Kier alpha value is -3.22. The third kappa shape index (κ3) is 4.84. The third-order valence-electron chi connectivity index (χ3n) is 5.74. The Bertz CT molecular complexity index is 909. The summed E-state index contributed by atoms with van der Waals surface area (Å²) in [5.74, 6) is 0.475. The molecule has 0 atom stereocenters. The van der Waals surface area contributed by atoms with E-state index in [0.29, 0.717) is 32.6 Å². The first-order valence-corrected chi connectivity index (χ1v) is 10.5. The van der Waals surface area contributed by atoms with Crippen molar-refractivity contribution in [1.82, 2.24) is 15.1 Å². The van der Waals surface area contributed by atoms with E-state index < -0.39 is 0 Å². The Morgan fingerprint density at radius 1 is 0.967 bits per heavy atom. The molecule has 0 radical (unpaired) electrons. The van der Waals surface area contributed by atoms with E-state index in [-0.39, 0.29) is 17.7 Å². The lowest BCUT2D eigenvalue weighted by atomic mass is 10.1. The second kappa shape index (κ2) is 9.07. The number of amides is 3. The molecule has 158 valence electrons. The van der Waals surface area contributed by atoms with Gasteiger partial charge in [0.2, 0.25) is 5.91 Å². The summed E-state index contributed by atoms with van der Waals surface area (Å²) in [5.41, 5.74) is 3.10. The highest BCUT2D eigenvalue weighted by atomic mass is 16.3. The van der Waals surface area contributed by atoms with Crippen molar-refractivity contribution in [3.8, 4) is 5.75 Å². The van der Waals surface area contributed by atoms with Gasteiger partial charge in [0, 0.05) is 64.0 Å². The highest BCUT2D eigenvalue weighted by Gasteiger charge is 2.22. The Balaban J connectivity index is 1.26. The van der Waals surface area contributed by atoms with Crippen molar-refractivity contribution in [1.29, 1.82) is 0 Å². The molecular weight excluding hydrogens is 380 g/mol. The molecule has 0 spiro atoms. The Morgan fingerprint density at radius 2 is 1.73 bits per heavy atom. The monoisotopic (exact) mass is 408 g/mol. The first-order chi connectivity index (χ1) is 14.6. The molecule has 0 bridgehead atoms. The molecule has 2 aliphatic rings. The van der Waals surface area contributed by atoms with E-state index in [1.54, 1.807) is 12.1 Å². The van der Waals surface area contributed by atoms with Crippen LogP contribution >= 0.6 is 0 Å². The number of urea groups is 1. The predicted molar refractivity (Wildman–Crippen MR) is 115 cm³/mol. The molecule has 3 amide bonds. The zero-order valence-electron chi connectivity index (χ0n) is 17.1. The number of phenolic OH excluding ortho intramolecular Hbond substituents is 1. The van der Waals surface area contributed by atoms with Gasteiger partial charge in [-0.3, -0.25) is 4.79 Å². The van der Waals surface area contributed by atoms with Crippen LogP contribution in [0.2, 0.25) is 0 Å². The molecule has 4 rings (SSSR count). The molecule has 2 aromatic carbocycles. The largest absolute Gasteiger partial charge is 0.508 e. The molecule has 2 aromatic rings. The fourth-order valence-electron chi connectivity index (χ4n) is 4.08. The van der Waals surface area contributed by atoms with Crippen molar-refractivity contribution >= 4 is 17.6 Å². The fourth-order valence-corrected chi connectivity index (χ4v) is 4.08. The number of phenols is 1. The lowest BCUT2D eigenvalue weighted by molar-refractivity contribution is -0.128. The molecule has 2 N–H and O–H groups in total. The maximum atomic E-state index is 12.6. The lowest BCUT2D eigenvalue weighted by Crippen LogP contribution is -2.51. The van der Waals surface area contributed by atoms with Gasteiger partial charge in [-0.1, -0.05) is 30.3 Å². The topological polar surface area (TPSA) is 76.1 Å². The van der Waals surface area contributed by atoms with Crippen LogP contribution in [-0.4, -0.2) is 59.6 Å². The number of carbonyl (C=O) groups is 2. The van der Waals surface area contributed by atoms with Gasteiger partial charge >= 0.3 is 6.03 Å². The number of nitrogens with one attached hydrogen (secondary N) is 1. The molecule has 2 aliphatic heterocycles. The van der Waals surface area contributed by atoms with Gasteiger partial charge < -0.3 is 25.1 Å². The van der Waals surface area contributed by atoms with E-state index in [1.807, 2.05) is 40.1 Å². The number of anilines is 1. The summed E-state index contributed by atoms with van der Waals surface area (Å²) in [5, 5.41) is 12.7. The van der Waals surface area contributed by atoms with Crippen LogP contribution in [0, 0.1) is 0 Å². The Morgan fingerprint density at radius 3 is 2.47 bits per heavy atom. The van der Waals surface area contributed by atoms with Crippen molar-refractivity contribution in [2.24, 2.45) is 0 Å².